The number of hydrogen-bond donors (Lipinski definition) is 1. The van der Waals surface area contributed by atoms with Crippen LogP contribution in [0, 0.1) is 12.3 Å². The summed E-state index contributed by atoms with van der Waals surface area (Å²) in [6.45, 7) is 2.21. The summed E-state index contributed by atoms with van der Waals surface area (Å²) >= 11 is 3.89. The molecule has 0 aromatic heterocycles. The van der Waals surface area contributed by atoms with Gasteiger partial charge in [-0.15, -0.1) is 6.42 Å². The van der Waals surface area contributed by atoms with Gasteiger partial charge in [-0.3, -0.25) is 0 Å². The van der Waals surface area contributed by atoms with Gasteiger partial charge in [-0.1, -0.05) is 12.8 Å². The van der Waals surface area contributed by atoms with Crippen LogP contribution >= 0.6 is 23.5 Å². The Morgan fingerprint density at radius 1 is 1.55 bits per heavy atom. The zero-order valence-electron chi connectivity index (χ0n) is 6.62. The van der Waals surface area contributed by atoms with Crippen LogP contribution in [0.3, 0.4) is 0 Å². The molecule has 1 aliphatic heterocycles. The van der Waals surface area contributed by atoms with Crippen LogP contribution in [0.25, 0.3) is 0 Å². The number of terminal acetylenes is 1. The van der Waals surface area contributed by atoms with Gasteiger partial charge in [0, 0.05) is 22.0 Å². The highest BCUT2D eigenvalue weighted by Gasteiger charge is 2.26. The molecule has 0 aliphatic carbocycles. The summed E-state index contributed by atoms with van der Waals surface area (Å²) < 4.78 is 0. The minimum absolute atomic E-state index is 0.0669. The maximum Gasteiger partial charge on any atom is 0.0792 e. The summed E-state index contributed by atoms with van der Waals surface area (Å²) in [4.78, 5) is 0. The predicted octanol–water partition coefficient (Wildman–Crippen LogP) is 1.18. The van der Waals surface area contributed by atoms with E-state index in [0.29, 0.717) is 10.5 Å². The molecule has 1 nitrogen and oxygen atoms in total. The molecule has 1 aliphatic rings. The molecule has 1 rings (SSSR count). The van der Waals surface area contributed by atoms with Crippen molar-refractivity contribution in [2.45, 2.75) is 23.5 Å². The second-order valence-electron chi connectivity index (χ2n) is 2.60. The van der Waals surface area contributed by atoms with Gasteiger partial charge in [0.25, 0.3) is 0 Å². The first-order valence-electron chi connectivity index (χ1n) is 3.70. The first kappa shape index (κ1) is 9.31. The van der Waals surface area contributed by atoms with Crippen molar-refractivity contribution in [2.75, 3.05) is 11.5 Å². The molecule has 11 heavy (non-hydrogen) atoms. The van der Waals surface area contributed by atoms with Gasteiger partial charge in [0.2, 0.25) is 0 Å². The number of hydrogen-bond acceptors (Lipinski definition) is 3. The van der Waals surface area contributed by atoms with E-state index in [1.165, 1.54) is 11.5 Å². The average Bonchev–Trinajstić information content (AvgIpc) is 2.04. The van der Waals surface area contributed by atoms with Gasteiger partial charge in [-0.05, 0) is 0 Å². The molecule has 2 N–H and O–H groups in total. The Hall–Kier alpha value is 0.220. The molecule has 0 radical (unpaired) electrons. The topological polar surface area (TPSA) is 26.0 Å². The third kappa shape index (κ3) is 2.33. The fourth-order valence-corrected chi connectivity index (χ4v) is 3.94. The van der Waals surface area contributed by atoms with Crippen LogP contribution in [-0.2, 0) is 0 Å². The molecule has 0 aromatic rings. The summed E-state index contributed by atoms with van der Waals surface area (Å²) in [6, 6.07) is -0.0669. The molecule has 3 atom stereocenters. The fourth-order valence-electron chi connectivity index (χ4n) is 1.14. The third-order valence-electron chi connectivity index (χ3n) is 1.78. The monoisotopic (exact) mass is 187 g/mol. The number of thioether (sulfide) groups is 2. The van der Waals surface area contributed by atoms with Crippen molar-refractivity contribution >= 4 is 23.5 Å². The Morgan fingerprint density at radius 2 is 2.18 bits per heavy atom. The highest BCUT2D eigenvalue weighted by atomic mass is 32.2. The van der Waals surface area contributed by atoms with Crippen LogP contribution in [0.5, 0.6) is 0 Å². The van der Waals surface area contributed by atoms with E-state index in [9.17, 15) is 0 Å². The van der Waals surface area contributed by atoms with Gasteiger partial charge in [0.1, 0.15) is 0 Å². The number of nitrogens with two attached hydrogens (primary N) is 1. The number of rotatable bonds is 1. The lowest BCUT2D eigenvalue weighted by atomic mass is 10.2. The van der Waals surface area contributed by atoms with Crippen molar-refractivity contribution in [3.63, 3.8) is 0 Å². The Bertz CT molecular complexity index is 164. The first-order valence-corrected chi connectivity index (χ1v) is 5.80. The van der Waals surface area contributed by atoms with Crippen molar-refractivity contribution in [1.29, 1.82) is 0 Å². The van der Waals surface area contributed by atoms with Crippen LogP contribution in [0.1, 0.15) is 6.92 Å². The normalized spacial score (nSPS) is 34.3. The molecular weight excluding hydrogens is 174 g/mol. The molecular formula is C8H13NS2. The van der Waals surface area contributed by atoms with Gasteiger partial charge in [0.15, 0.2) is 0 Å². The summed E-state index contributed by atoms with van der Waals surface area (Å²) in [5, 5.41) is 1.07. The second kappa shape index (κ2) is 4.30. The van der Waals surface area contributed by atoms with Crippen molar-refractivity contribution in [2.24, 2.45) is 5.73 Å². The SMILES string of the molecule is C#CC(N)C1SCCSC1C. The van der Waals surface area contributed by atoms with Crippen LogP contribution in [0.2, 0.25) is 0 Å². The standard InChI is InChI=1S/C8H13NS2/c1-3-7(9)8-6(2)10-4-5-11-8/h1,6-8H,4-5,9H2,2H3. The Kier molecular flexibility index (Phi) is 3.64. The fraction of sp³-hybridized carbons (Fsp3) is 0.750. The van der Waals surface area contributed by atoms with Crippen LogP contribution < -0.4 is 5.73 Å². The summed E-state index contributed by atoms with van der Waals surface area (Å²) in [7, 11) is 0. The van der Waals surface area contributed by atoms with Gasteiger partial charge < -0.3 is 5.73 Å². The molecule has 0 saturated carbocycles. The predicted molar refractivity (Wildman–Crippen MR) is 55.0 cm³/mol. The molecule has 3 heteroatoms. The van der Waals surface area contributed by atoms with E-state index < -0.39 is 0 Å². The maximum atomic E-state index is 5.77. The lowest BCUT2D eigenvalue weighted by Gasteiger charge is -2.29. The Balaban J connectivity index is 2.48. The summed E-state index contributed by atoms with van der Waals surface area (Å²) in [5.41, 5.74) is 5.77. The van der Waals surface area contributed by atoms with Gasteiger partial charge >= 0.3 is 0 Å². The smallest absolute Gasteiger partial charge is 0.0792 e. The minimum Gasteiger partial charge on any atom is -0.317 e. The maximum absolute atomic E-state index is 5.77. The lowest BCUT2D eigenvalue weighted by Crippen LogP contribution is -2.39. The van der Waals surface area contributed by atoms with Gasteiger partial charge in [0.05, 0.1) is 6.04 Å². The van der Waals surface area contributed by atoms with Crippen molar-refractivity contribution < 1.29 is 0 Å². The molecule has 3 unspecified atom stereocenters. The zero-order chi connectivity index (χ0) is 8.27. The molecule has 1 heterocycles. The van der Waals surface area contributed by atoms with E-state index in [2.05, 4.69) is 12.8 Å². The summed E-state index contributed by atoms with van der Waals surface area (Å²) in [6.07, 6.45) is 5.27. The molecule has 1 fully saturated rings. The largest absolute Gasteiger partial charge is 0.317 e. The minimum atomic E-state index is -0.0669. The Labute approximate surface area is 76.9 Å². The molecule has 62 valence electrons. The first-order chi connectivity index (χ1) is 5.25. The van der Waals surface area contributed by atoms with E-state index in [1.807, 2.05) is 23.5 Å². The molecule has 0 bridgehead atoms. The van der Waals surface area contributed by atoms with Crippen LogP contribution in [-0.4, -0.2) is 28.0 Å². The van der Waals surface area contributed by atoms with Crippen molar-refractivity contribution in [1.82, 2.24) is 0 Å². The van der Waals surface area contributed by atoms with E-state index >= 15 is 0 Å². The quantitative estimate of drug-likeness (QED) is 0.624. The molecule has 0 aromatic carbocycles. The van der Waals surface area contributed by atoms with E-state index in [0.717, 1.165) is 0 Å². The molecule has 1 saturated heterocycles. The zero-order valence-corrected chi connectivity index (χ0v) is 8.25. The summed E-state index contributed by atoms with van der Waals surface area (Å²) in [5.74, 6) is 5.03. The van der Waals surface area contributed by atoms with Gasteiger partial charge in [-0.25, -0.2) is 0 Å². The molecule has 0 amide bonds. The van der Waals surface area contributed by atoms with Crippen molar-refractivity contribution in [3.05, 3.63) is 0 Å². The van der Waals surface area contributed by atoms with Gasteiger partial charge in [-0.2, -0.15) is 23.5 Å². The Morgan fingerprint density at radius 3 is 2.73 bits per heavy atom. The van der Waals surface area contributed by atoms with E-state index in [1.54, 1.807) is 0 Å². The molecule has 0 spiro atoms. The van der Waals surface area contributed by atoms with Crippen LogP contribution in [0.4, 0.5) is 0 Å². The van der Waals surface area contributed by atoms with E-state index in [-0.39, 0.29) is 6.04 Å². The third-order valence-corrected chi connectivity index (χ3v) is 5.00. The highest BCUT2D eigenvalue weighted by Crippen LogP contribution is 2.32. The van der Waals surface area contributed by atoms with E-state index in [4.69, 9.17) is 12.2 Å². The second-order valence-corrected chi connectivity index (χ2v) is 5.37. The highest BCUT2D eigenvalue weighted by molar-refractivity contribution is 8.07. The average molecular weight is 187 g/mol. The van der Waals surface area contributed by atoms with Crippen molar-refractivity contribution in [3.8, 4) is 12.3 Å². The lowest BCUT2D eigenvalue weighted by molar-refractivity contribution is 0.749. The van der Waals surface area contributed by atoms with Crippen LogP contribution in [0.15, 0.2) is 0 Å².